The number of piperidine rings is 1. The summed E-state index contributed by atoms with van der Waals surface area (Å²) in [5, 5.41) is 0. The predicted molar refractivity (Wildman–Crippen MR) is 106 cm³/mol. The first kappa shape index (κ1) is 19.6. The number of rotatable bonds is 3. The minimum Gasteiger partial charge on any atom is -0.378 e. The fourth-order valence-corrected chi connectivity index (χ4v) is 6.30. The number of thiazole rings is 1. The molecule has 1 aromatic heterocycles. The van der Waals surface area contributed by atoms with Crippen molar-refractivity contribution in [1.29, 1.82) is 0 Å². The van der Waals surface area contributed by atoms with Crippen LogP contribution in [-0.2, 0) is 26.6 Å². The van der Waals surface area contributed by atoms with Gasteiger partial charge in [-0.3, -0.25) is 9.59 Å². The molecule has 0 aliphatic carbocycles. The van der Waals surface area contributed by atoms with Gasteiger partial charge in [0.15, 0.2) is 0 Å². The molecule has 2 aliphatic rings. The van der Waals surface area contributed by atoms with E-state index in [1.54, 1.807) is 25.2 Å². The molecular formula is C18H23N3O5S2. The Morgan fingerprint density at radius 3 is 2.50 bits per heavy atom. The zero-order valence-corrected chi connectivity index (χ0v) is 17.3. The Morgan fingerprint density at radius 1 is 1.14 bits per heavy atom. The normalized spacial score (nSPS) is 20.0. The summed E-state index contributed by atoms with van der Waals surface area (Å²) in [6.45, 7) is 2.99. The lowest BCUT2D eigenvalue weighted by Gasteiger charge is -2.35. The van der Waals surface area contributed by atoms with E-state index in [1.807, 2.05) is 4.90 Å². The number of benzene rings is 1. The number of amides is 1. The van der Waals surface area contributed by atoms with E-state index in [0.29, 0.717) is 56.9 Å². The molecule has 2 aliphatic heterocycles. The van der Waals surface area contributed by atoms with Crippen LogP contribution in [0.25, 0.3) is 10.2 Å². The topological polar surface area (TPSA) is 88.9 Å². The van der Waals surface area contributed by atoms with Crippen LogP contribution in [0.15, 0.2) is 27.9 Å². The number of fused-ring (bicyclic) bond motifs is 1. The van der Waals surface area contributed by atoms with E-state index in [4.69, 9.17) is 4.74 Å². The lowest BCUT2D eigenvalue weighted by Crippen LogP contribution is -2.47. The molecule has 4 rings (SSSR count). The minimum absolute atomic E-state index is 0.107. The molecule has 0 N–H and O–H groups in total. The van der Waals surface area contributed by atoms with Gasteiger partial charge in [-0.05, 0) is 31.0 Å². The van der Waals surface area contributed by atoms with E-state index >= 15 is 0 Å². The van der Waals surface area contributed by atoms with Crippen molar-refractivity contribution in [3.05, 3.63) is 27.9 Å². The number of carbonyl (C=O) groups is 1. The average molecular weight is 426 g/mol. The van der Waals surface area contributed by atoms with Crippen LogP contribution in [0.1, 0.15) is 12.8 Å². The summed E-state index contributed by atoms with van der Waals surface area (Å²) in [6, 6.07) is 4.80. The van der Waals surface area contributed by atoms with Gasteiger partial charge in [0.25, 0.3) is 0 Å². The zero-order chi connectivity index (χ0) is 19.9. The van der Waals surface area contributed by atoms with Gasteiger partial charge >= 0.3 is 4.87 Å². The second-order valence-corrected chi connectivity index (χ2v) is 10.1. The molecular weight excluding hydrogens is 402 g/mol. The number of hydrogen-bond donors (Lipinski definition) is 0. The van der Waals surface area contributed by atoms with Gasteiger partial charge in [0, 0.05) is 39.1 Å². The highest BCUT2D eigenvalue weighted by molar-refractivity contribution is 7.89. The van der Waals surface area contributed by atoms with Gasteiger partial charge in [-0.25, -0.2) is 8.42 Å². The number of carbonyl (C=O) groups excluding carboxylic acids is 1. The third-order valence-electron chi connectivity index (χ3n) is 5.53. The van der Waals surface area contributed by atoms with Crippen molar-refractivity contribution >= 4 is 37.5 Å². The molecule has 2 fully saturated rings. The molecule has 2 saturated heterocycles. The molecule has 3 heterocycles. The summed E-state index contributed by atoms with van der Waals surface area (Å²) in [6.07, 6.45) is 1.05. The van der Waals surface area contributed by atoms with Crippen LogP contribution in [0.3, 0.4) is 0 Å². The summed E-state index contributed by atoms with van der Waals surface area (Å²) in [5.41, 5.74) is 0.726. The van der Waals surface area contributed by atoms with Gasteiger partial charge in [-0.15, -0.1) is 0 Å². The van der Waals surface area contributed by atoms with Crippen LogP contribution in [-0.4, -0.2) is 67.5 Å². The molecule has 28 heavy (non-hydrogen) atoms. The Labute approximate surface area is 167 Å². The van der Waals surface area contributed by atoms with Gasteiger partial charge in [-0.2, -0.15) is 4.31 Å². The standard InChI is InChI=1S/C18H23N3O5S2/c1-19-15-3-2-14(12-16(15)27-18(19)23)28(24,25)21-6-4-13(5-7-21)17(22)20-8-10-26-11-9-20/h2-3,12-13H,4-11H2,1H3. The minimum atomic E-state index is -3.65. The summed E-state index contributed by atoms with van der Waals surface area (Å²) >= 11 is 1.04. The number of hydrogen-bond acceptors (Lipinski definition) is 6. The number of aromatic nitrogens is 1. The van der Waals surface area contributed by atoms with Crippen molar-refractivity contribution in [2.75, 3.05) is 39.4 Å². The summed E-state index contributed by atoms with van der Waals surface area (Å²) in [7, 11) is -1.98. The number of sulfonamides is 1. The second kappa shape index (κ2) is 7.58. The third kappa shape index (κ3) is 3.49. The van der Waals surface area contributed by atoms with Crippen molar-refractivity contribution in [2.45, 2.75) is 17.7 Å². The SMILES string of the molecule is Cn1c(=O)sc2cc(S(=O)(=O)N3CCC(C(=O)N4CCOCC4)CC3)ccc21. The molecule has 0 spiro atoms. The van der Waals surface area contributed by atoms with Crippen LogP contribution < -0.4 is 4.87 Å². The van der Waals surface area contributed by atoms with E-state index in [-0.39, 0.29) is 21.6 Å². The molecule has 0 atom stereocenters. The molecule has 8 nitrogen and oxygen atoms in total. The van der Waals surface area contributed by atoms with Crippen molar-refractivity contribution in [3.63, 3.8) is 0 Å². The van der Waals surface area contributed by atoms with Crippen LogP contribution in [0.4, 0.5) is 0 Å². The van der Waals surface area contributed by atoms with E-state index in [9.17, 15) is 18.0 Å². The number of nitrogens with zero attached hydrogens (tertiary/aromatic N) is 3. The van der Waals surface area contributed by atoms with E-state index in [0.717, 1.165) is 16.9 Å². The number of ether oxygens (including phenoxy) is 1. The maximum atomic E-state index is 13.0. The van der Waals surface area contributed by atoms with Crippen LogP contribution >= 0.6 is 11.3 Å². The van der Waals surface area contributed by atoms with Crippen LogP contribution in [0.5, 0.6) is 0 Å². The van der Waals surface area contributed by atoms with Crippen molar-refractivity contribution in [2.24, 2.45) is 13.0 Å². The first-order valence-electron chi connectivity index (χ1n) is 9.34. The van der Waals surface area contributed by atoms with Gasteiger partial charge in [0.05, 0.1) is 28.3 Å². The monoisotopic (exact) mass is 425 g/mol. The zero-order valence-electron chi connectivity index (χ0n) is 15.7. The molecule has 10 heteroatoms. The molecule has 1 amide bonds. The smallest absolute Gasteiger partial charge is 0.307 e. The van der Waals surface area contributed by atoms with Crippen molar-refractivity contribution in [3.8, 4) is 0 Å². The summed E-state index contributed by atoms with van der Waals surface area (Å²) in [5.74, 6) is -0.0257. The van der Waals surface area contributed by atoms with E-state index in [2.05, 4.69) is 0 Å². The Balaban J connectivity index is 1.47. The first-order chi connectivity index (χ1) is 13.4. The number of morpholine rings is 1. The van der Waals surface area contributed by atoms with E-state index in [1.165, 1.54) is 8.87 Å². The fraction of sp³-hybridized carbons (Fsp3) is 0.556. The maximum absolute atomic E-state index is 13.0. The molecule has 1 aromatic carbocycles. The van der Waals surface area contributed by atoms with Gasteiger partial charge in [0.2, 0.25) is 15.9 Å². The van der Waals surface area contributed by atoms with Crippen LogP contribution in [0.2, 0.25) is 0 Å². The summed E-state index contributed by atoms with van der Waals surface area (Å²) in [4.78, 5) is 26.3. The van der Waals surface area contributed by atoms with Gasteiger partial charge in [-0.1, -0.05) is 11.3 Å². The first-order valence-corrected chi connectivity index (χ1v) is 11.6. The van der Waals surface area contributed by atoms with Crippen molar-refractivity contribution < 1.29 is 17.9 Å². The molecule has 0 bridgehead atoms. The lowest BCUT2D eigenvalue weighted by atomic mass is 9.96. The Hall–Kier alpha value is -1.75. The second-order valence-electron chi connectivity index (χ2n) is 7.17. The Bertz CT molecular complexity index is 1040. The highest BCUT2D eigenvalue weighted by Gasteiger charge is 2.34. The van der Waals surface area contributed by atoms with Crippen LogP contribution in [0, 0.1) is 5.92 Å². The molecule has 0 unspecified atom stereocenters. The van der Waals surface area contributed by atoms with Gasteiger partial charge in [0.1, 0.15) is 0 Å². The lowest BCUT2D eigenvalue weighted by molar-refractivity contribution is -0.140. The van der Waals surface area contributed by atoms with E-state index < -0.39 is 10.0 Å². The average Bonchev–Trinajstić information content (AvgIpc) is 3.01. The summed E-state index contributed by atoms with van der Waals surface area (Å²) < 4.78 is 35.0. The molecule has 2 aromatic rings. The third-order valence-corrected chi connectivity index (χ3v) is 8.42. The highest BCUT2D eigenvalue weighted by Crippen LogP contribution is 2.28. The maximum Gasteiger partial charge on any atom is 0.307 e. The number of aryl methyl sites for hydroxylation is 1. The van der Waals surface area contributed by atoms with Crippen molar-refractivity contribution in [1.82, 2.24) is 13.8 Å². The molecule has 152 valence electrons. The Kier molecular flexibility index (Phi) is 5.30. The predicted octanol–water partition coefficient (Wildman–Crippen LogP) is 0.860. The largest absolute Gasteiger partial charge is 0.378 e. The highest BCUT2D eigenvalue weighted by atomic mass is 32.2. The van der Waals surface area contributed by atoms with Gasteiger partial charge < -0.3 is 14.2 Å². The fourth-order valence-electron chi connectivity index (χ4n) is 3.81. The Morgan fingerprint density at radius 2 is 1.82 bits per heavy atom. The molecule has 0 saturated carbocycles. The molecule has 0 radical (unpaired) electrons. The quantitative estimate of drug-likeness (QED) is 0.728.